The number of alkyl halides is 1. The Morgan fingerprint density at radius 3 is 2.85 bits per heavy atom. The van der Waals surface area contributed by atoms with E-state index in [0.29, 0.717) is 4.90 Å². The van der Waals surface area contributed by atoms with Crippen molar-refractivity contribution in [2.24, 2.45) is 0 Å². The Morgan fingerprint density at radius 2 is 2.15 bits per heavy atom. The van der Waals surface area contributed by atoms with Crippen LogP contribution in [0.5, 0.6) is 0 Å². The van der Waals surface area contributed by atoms with Crippen LogP contribution in [-0.2, 0) is 4.79 Å². The molecule has 2 saturated heterocycles. The summed E-state index contributed by atoms with van der Waals surface area (Å²) in [5.74, 6) is -1.91. The molecule has 2 aliphatic rings. The fourth-order valence-electron chi connectivity index (χ4n) is 2.52. The van der Waals surface area contributed by atoms with Crippen molar-refractivity contribution in [3.8, 4) is 0 Å². The Kier molecular flexibility index (Phi) is 3.08. The van der Waals surface area contributed by atoms with Crippen LogP contribution in [0.3, 0.4) is 0 Å². The molecule has 0 spiro atoms. The molecule has 0 aliphatic carbocycles. The summed E-state index contributed by atoms with van der Waals surface area (Å²) in [4.78, 5) is 30.0. The van der Waals surface area contributed by atoms with Crippen molar-refractivity contribution in [3.63, 3.8) is 0 Å². The Bertz CT molecular complexity index is 598. The van der Waals surface area contributed by atoms with Crippen molar-refractivity contribution in [3.05, 3.63) is 23.1 Å². The van der Waals surface area contributed by atoms with Gasteiger partial charge in [-0.05, 0) is 12.5 Å². The molecule has 3 rings (SSSR count). The molecule has 0 radical (unpaired) electrons. The Labute approximate surface area is 118 Å². The molecule has 106 valence electrons. The number of carbonyl (C=O) groups is 2. The van der Waals surface area contributed by atoms with Gasteiger partial charge >= 0.3 is 6.03 Å². The van der Waals surface area contributed by atoms with Gasteiger partial charge in [-0.1, -0.05) is 11.6 Å². The molecule has 0 aromatic carbocycles. The maximum atomic E-state index is 13.8. The number of fused-ring (bicyclic) bond motifs is 1. The summed E-state index contributed by atoms with van der Waals surface area (Å²) < 4.78 is 27.2. The summed E-state index contributed by atoms with van der Waals surface area (Å²) in [6.45, 7) is 0.141. The summed E-state index contributed by atoms with van der Waals surface area (Å²) in [6.07, 6.45) is 0.141. The molecule has 0 saturated carbocycles. The zero-order valence-electron chi connectivity index (χ0n) is 10.2. The number of urea groups is 1. The number of pyridine rings is 1. The largest absolute Gasteiger partial charge is 0.333 e. The molecule has 1 aromatic heterocycles. The minimum atomic E-state index is -1.13. The molecular weight excluding hydrogens is 292 g/mol. The summed E-state index contributed by atoms with van der Waals surface area (Å²) in [5.41, 5.74) is 0. The fourth-order valence-corrected chi connectivity index (χ4v) is 2.67. The summed E-state index contributed by atoms with van der Waals surface area (Å²) in [6, 6.07) is -0.566. The molecule has 1 unspecified atom stereocenters. The standard InChI is InChI=1S/C12H10ClF2N3O2/c13-6-3-8(15)10(16-5-6)18-11(19)9-4-7(14)1-2-17(9)12(18)20/h3,5,7,9H,1-2,4H2/t7?,9-/m1/s1. The van der Waals surface area contributed by atoms with Crippen LogP contribution in [0, 0.1) is 5.82 Å². The van der Waals surface area contributed by atoms with Gasteiger partial charge in [0.2, 0.25) is 0 Å². The molecule has 8 heteroatoms. The van der Waals surface area contributed by atoms with Crippen molar-refractivity contribution in [1.29, 1.82) is 0 Å². The number of nitrogens with zero attached hydrogens (tertiary/aromatic N) is 3. The molecule has 2 aliphatic heterocycles. The highest BCUT2D eigenvalue weighted by atomic mass is 35.5. The van der Waals surface area contributed by atoms with E-state index in [4.69, 9.17) is 11.6 Å². The number of hydrogen-bond acceptors (Lipinski definition) is 3. The second-order valence-electron chi connectivity index (χ2n) is 4.75. The number of amides is 3. The highest BCUT2D eigenvalue weighted by Crippen LogP contribution is 2.32. The zero-order chi connectivity index (χ0) is 14.4. The predicted octanol–water partition coefficient (Wildman–Crippen LogP) is 2.14. The quantitative estimate of drug-likeness (QED) is 0.747. The van der Waals surface area contributed by atoms with Crippen LogP contribution < -0.4 is 4.90 Å². The second-order valence-corrected chi connectivity index (χ2v) is 5.18. The van der Waals surface area contributed by atoms with Gasteiger partial charge in [-0.3, -0.25) is 4.79 Å². The average Bonchev–Trinajstić information content (AvgIpc) is 2.63. The highest BCUT2D eigenvalue weighted by molar-refractivity contribution is 6.30. The Balaban J connectivity index is 1.98. The molecule has 0 bridgehead atoms. The monoisotopic (exact) mass is 301 g/mol. The van der Waals surface area contributed by atoms with E-state index >= 15 is 0 Å². The normalized spacial score (nSPS) is 26.1. The van der Waals surface area contributed by atoms with Gasteiger partial charge in [0, 0.05) is 19.2 Å². The van der Waals surface area contributed by atoms with E-state index in [2.05, 4.69) is 4.98 Å². The number of aromatic nitrogens is 1. The van der Waals surface area contributed by atoms with Gasteiger partial charge < -0.3 is 4.90 Å². The van der Waals surface area contributed by atoms with E-state index in [9.17, 15) is 18.4 Å². The van der Waals surface area contributed by atoms with Gasteiger partial charge in [0.15, 0.2) is 11.6 Å². The first-order valence-electron chi connectivity index (χ1n) is 6.08. The lowest BCUT2D eigenvalue weighted by atomic mass is 10.0. The van der Waals surface area contributed by atoms with Gasteiger partial charge in [0.1, 0.15) is 12.2 Å². The number of hydrogen-bond donors (Lipinski definition) is 0. The van der Waals surface area contributed by atoms with Crippen LogP contribution in [0.1, 0.15) is 12.8 Å². The van der Waals surface area contributed by atoms with Crippen LogP contribution in [-0.4, -0.2) is 40.6 Å². The SMILES string of the molecule is O=C1[C@H]2CC(F)CCN2C(=O)N1c1ncc(Cl)cc1F. The van der Waals surface area contributed by atoms with Crippen molar-refractivity contribution < 1.29 is 18.4 Å². The lowest BCUT2D eigenvalue weighted by molar-refractivity contribution is -0.121. The molecular formula is C12H10ClF2N3O2. The lowest BCUT2D eigenvalue weighted by Gasteiger charge is -2.28. The van der Waals surface area contributed by atoms with Gasteiger partial charge in [0.05, 0.1) is 5.02 Å². The highest BCUT2D eigenvalue weighted by Gasteiger charge is 2.49. The maximum absolute atomic E-state index is 13.8. The van der Waals surface area contributed by atoms with Gasteiger partial charge in [-0.15, -0.1) is 0 Å². The van der Waals surface area contributed by atoms with E-state index in [1.165, 1.54) is 4.90 Å². The molecule has 3 heterocycles. The molecule has 2 atom stereocenters. The number of carbonyl (C=O) groups excluding carboxylic acids is 2. The topological polar surface area (TPSA) is 53.5 Å². The van der Waals surface area contributed by atoms with Crippen molar-refractivity contribution >= 4 is 29.4 Å². The summed E-state index contributed by atoms with van der Waals surface area (Å²) in [7, 11) is 0. The van der Waals surface area contributed by atoms with Gasteiger partial charge in [0.25, 0.3) is 5.91 Å². The van der Waals surface area contributed by atoms with Crippen LogP contribution in [0.2, 0.25) is 5.02 Å². The lowest BCUT2D eigenvalue weighted by Crippen LogP contribution is -2.42. The summed E-state index contributed by atoms with van der Waals surface area (Å²) in [5, 5.41) is 0.0619. The van der Waals surface area contributed by atoms with Gasteiger partial charge in [-0.25, -0.2) is 23.5 Å². The molecule has 0 N–H and O–H groups in total. The van der Waals surface area contributed by atoms with Crippen LogP contribution in [0.15, 0.2) is 12.3 Å². The van der Waals surface area contributed by atoms with E-state index in [1.807, 2.05) is 0 Å². The average molecular weight is 302 g/mol. The minimum absolute atomic E-state index is 0.0592. The number of piperidine rings is 1. The number of halogens is 3. The maximum Gasteiger partial charge on any atom is 0.333 e. The fraction of sp³-hybridized carbons (Fsp3) is 0.417. The van der Waals surface area contributed by atoms with Crippen LogP contribution >= 0.6 is 11.6 Å². The smallest absolute Gasteiger partial charge is 0.312 e. The van der Waals surface area contributed by atoms with E-state index in [1.54, 1.807) is 0 Å². The zero-order valence-corrected chi connectivity index (χ0v) is 11.0. The molecule has 5 nitrogen and oxygen atoms in total. The third kappa shape index (κ3) is 1.93. The summed E-state index contributed by atoms with van der Waals surface area (Å²) >= 11 is 5.59. The molecule has 20 heavy (non-hydrogen) atoms. The molecule has 1 aromatic rings. The molecule has 2 fully saturated rings. The second kappa shape index (κ2) is 4.66. The number of rotatable bonds is 1. The van der Waals surface area contributed by atoms with Crippen molar-refractivity contribution in [1.82, 2.24) is 9.88 Å². The van der Waals surface area contributed by atoms with E-state index < -0.39 is 35.8 Å². The van der Waals surface area contributed by atoms with Gasteiger partial charge in [-0.2, -0.15) is 0 Å². The first kappa shape index (κ1) is 13.2. The Hall–Kier alpha value is -1.76. The first-order valence-corrected chi connectivity index (χ1v) is 6.46. The number of imide groups is 1. The third-order valence-corrected chi connectivity index (χ3v) is 3.69. The first-order chi connectivity index (χ1) is 9.49. The third-order valence-electron chi connectivity index (χ3n) is 3.48. The van der Waals surface area contributed by atoms with E-state index in [-0.39, 0.29) is 24.4 Å². The number of anilines is 1. The van der Waals surface area contributed by atoms with Crippen LogP contribution in [0.25, 0.3) is 0 Å². The predicted molar refractivity (Wildman–Crippen MR) is 66.7 cm³/mol. The van der Waals surface area contributed by atoms with Crippen molar-refractivity contribution in [2.45, 2.75) is 25.1 Å². The van der Waals surface area contributed by atoms with E-state index in [0.717, 1.165) is 12.3 Å². The minimum Gasteiger partial charge on any atom is -0.312 e. The Morgan fingerprint density at radius 1 is 1.40 bits per heavy atom. The molecule has 3 amide bonds. The van der Waals surface area contributed by atoms with Crippen LogP contribution in [0.4, 0.5) is 19.4 Å². The van der Waals surface area contributed by atoms with Crippen molar-refractivity contribution in [2.75, 3.05) is 11.4 Å².